The number of nitrogens with zero attached hydrogens (tertiary/aromatic N) is 2. The third-order valence-corrected chi connectivity index (χ3v) is 1.31. The lowest BCUT2D eigenvalue weighted by Gasteiger charge is -1.90. The van der Waals surface area contributed by atoms with Crippen LogP contribution in [0.5, 0.6) is 0 Å². The van der Waals surface area contributed by atoms with Gasteiger partial charge in [0, 0.05) is 0 Å². The summed E-state index contributed by atoms with van der Waals surface area (Å²) in [5.74, 6) is -0.569. The van der Waals surface area contributed by atoms with Crippen LogP contribution in [-0.4, -0.2) is 16.1 Å². The zero-order chi connectivity index (χ0) is 7.56. The Hall–Kier alpha value is -0.970. The quantitative estimate of drug-likeness (QED) is 0.713. The van der Waals surface area contributed by atoms with Gasteiger partial charge in [0.15, 0.2) is 5.69 Å². The van der Waals surface area contributed by atoms with Gasteiger partial charge in [-0.05, 0) is 28.1 Å². The molecule has 2 N–H and O–H groups in total. The fraction of sp³-hybridized carbons (Fsp3) is 0. The van der Waals surface area contributed by atoms with Gasteiger partial charge in [-0.25, -0.2) is 0 Å². The van der Waals surface area contributed by atoms with Crippen LogP contribution in [-0.2, 0) is 0 Å². The van der Waals surface area contributed by atoms with E-state index in [0.29, 0.717) is 4.60 Å². The van der Waals surface area contributed by atoms with Crippen molar-refractivity contribution in [2.45, 2.75) is 0 Å². The summed E-state index contributed by atoms with van der Waals surface area (Å²) in [6, 6.07) is 3.10. The standard InChI is InChI=1S/C5H4BrN3O/c6-4-2-1-3(5(7)10)8-9-4/h1-2H,(H2,7,10). The number of hydrogen-bond donors (Lipinski definition) is 1. The van der Waals surface area contributed by atoms with Gasteiger partial charge in [-0.2, -0.15) is 0 Å². The molecule has 0 radical (unpaired) electrons. The zero-order valence-electron chi connectivity index (χ0n) is 4.91. The van der Waals surface area contributed by atoms with Gasteiger partial charge in [0.1, 0.15) is 4.60 Å². The predicted molar refractivity (Wildman–Crippen MR) is 38.2 cm³/mol. The number of rotatable bonds is 1. The highest BCUT2D eigenvalue weighted by molar-refractivity contribution is 9.10. The minimum Gasteiger partial charge on any atom is -0.364 e. The van der Waals surface area contributed by atoms with E-state index in [0.717, 1.165) is 0 Å². The van der Waals surface area contributed by atoms with Gasteiger partial charge >= 0.3 is 0 Å². The predicted octanol–water partition coefficient (Wildman–Crippen LogP) is 0.338. The first-order valence-electron chi connectivity index (χ1n) is 2.49. The molecule has 0 spiro atoms. The van der Waals surface area contributed by atoms with Gasteiger partial charge in [0.05, 0.1) is 0 Å². The summed E-state index contributed by atoms with van der Waals surface area (Å²) in [4.78, 5) is 10.4. The molecule has 0 fully saturated rings. The van der Waals surface area contributed by atoms with Crippen molar-refractivity contribution >= 4 is 21.8 Å². The van der Waals surface area contributed by atoms with Gasteiger partial charge in [-0.1, -0.05) is 0 Å². The number of primary amides is 1. The van der Waals surface area contributed by atoms with Crippen LogP contribution in [0.4, 0.5) is 0 Å². The van der Waals surface area contributed by atoms with Crippen molar-refractivity contribution < 1.29 is 4.79 Å². The summed E-state index contributed by atoms with van der Waals surface area (Å²) in [5, 5.41) is 7.07. The van der Waals surface area contributed by atoms with Crippen molar-refractivity contribution in [2.75, 3.05) is 0 Å². The Morgan fingerprint density at radius 2 is 2.20 bits per heavy atom. The van der Waals surface area contributed by atoms with Crippen molar-refractivity contribution in [3.05, 3.63) is 22.4 Å². The fourth-order valence-electron chi connectivity index (χ4n) is 0.447. The van der Waals surface area contributed by atoms with E-state index in [2.05, 4.69) is 26.1 Å². The van der Waals surface area contributed by atoms with E-state index < -0.39 is 5.91 Å². The van der Waals surface area contributed by atoms with E-state index in [-0.39, 0.29) is 5.69 Å². The minimum atomic E-state index is -0.569. The van der Waals surface area contributed by atoms with E-state index in [9.17, 15) is 4.79 Å². The summed E-state index contributed by atoms with van der Waals surface area (Å²) in [6.45, 7) is 0. The number of carbonyl (C=O) groups is 1. The average Bonchev–Trinajstić information content (AvgIpc) is 1.88. The second-order valence-electron chi connectivity index (χ2n) is 1.61. The van der Waals surface area contributed by atoms with Crippen LogP contribution in [0, 0.1) is 0 Å². The number of hydrogen-bond acceptors (Lipinski definition) is 3. The van der Waals surface area contributed by atoms with Crippen LogP contribution in [0.25, 0.3) is 0 Å². The molecule has 5 heteroatoms. The average molecular weight is 202 g/mol. The lowest BCUT2D eigenvalue weighted by molar-refractivity contribution is 0.0994. The summed E-state index contributed by atoms with van der Waals surface area (Å²) in [5.41, 5.74) is 5.08. The second-order valence-corrected chi connectivity index (χ2v) is 2.42. The summed E-state index contributed by atoms with van der Waals surface area (Å²) < 4.78 is 0.581. The topological polar surface area (TPSA) is 68.9 Å². The van der Waals surface area contributed by atoms with Gasteiger partial charge < -0.3 is 5.73 Å². The van der Waals surface area contributed by atoms with Crippen LogP contribution in [0.2, 0.25) is 0 Å². The van der Waals surface area contributed by atoms with Crippen LogP contribution >= 0.6 is 15.9 Å². The van der Waals surface area contributed by atoms with Crippen molar-refractivity contribution in [1.29, 1.82) is 0 Å². The van der Waals surface area contributed by atoms with E-state index in [1.165, 1.54) is 6.07 Å². The Morgan fingerprint density at radius 1 is 1.50 bits per heavy atom. The number of carbonyl (C=O) groups excluding carboxylic acids is 1. The monoisotopic (exact) mass is 201 g/mol. The summed E-state index contributed by atoms with van der Waals surface area (Å²) >= 11 is 3.07. The van der Waals surface area contributed by atoms with Gasteiger partial charge in [-0.15, -0.1) is 10.2 Å². The molecular weight excluding hydrogens is 198 g/mol. The van der Waals surface area contributed by atoms with Crippen molar-refractivity contribution in [1.82, 2.24) is 10.2 Å². The summed E-state index contributed by atoms with van der Waals surface area (Å²) in [7, 11) is 0. The Bertz CT molecular complexity index is 246. The first-order chi connectivity index (χ1) is 4.70. The Morgan fingerprint density at radius 3 is 2.60 bits per heavy atom. The molecule has 1 rings (SSSR count). The molecule has 0 bridgehead atoms. The Balaban J connectivity index is 3.00. The first-order valence-corrected chi connectivity index (χ1v) is 3.28. The van der Waals surface area contributed by atoms with E-state index in [1.807, 2.05) is 0 Å². The smallest absolute Gasteiger partial charge is 0.269 e. The highest BCUT2D eigenvalue weighted by Gasteiger charge is 2.00. The Kier molecular flexibility index (Phi) is 1.96. The van der Waals surface area contributed by atoms with E-state index in [1.54, 1.807) is 6.07 Å². The van der Waals surface area contributed by atoms with Crippen LogP contribution in [0.1, 0.15) is 10.5 Å². The fourth-order valence-corrected chi connectivity index (χ4v) is 0.659. The summed E-state index contributed by atoms with van der Waals surface area (Å²) in [6.07, 6.45) is 0. The van der Waals surface area contributed by atoms with Crippen LogP contribution in [0.3, 0.4) is 0 Å². The maximum atomic E-state index is 10.4. The molecule has 52 valence electrons. The molecule has 0 aromatic carbocycles. The van der Waals surface area contributed by atoms with Gasteiger partial charge in [0.2, 0.25) is 0 Å². The maximum absolute atomic E-state index is 10.4. The molecule has 0 saturated carbocycles. The molecule has 0 aliphatic heterocycles. The number of aromatic nitrogens is 2. The molecule has 10 heavy (non-hydrogen) atoms. The second kappa shape index (κ2) is 2.74. The largest absolute Gasteiger partial charge is 0.364 e. The zero-order valence-corrected chi connectivity index (χ0v) is 6.50. The third kappa shape index (κ3) is 1.51. The van der Waals surface area contributed by atoms with Crippen molar-refractivity contribution in [2.24, 2.45) is 5.73 Å². The molecule has 1 heterocycles. The molecule has 4 nitrogen and oxygen atoms in total. The lowest BCUT2D eigenvalue weighted by atomic mass is 10.4. The SMILES string of the molecule is NC(=O)c1ccc(Br)nn1. The van der Waals surface area contributed by atoms with Crippen molar-refractivity contribution in [3.8, 4) is 0 Å². The third-order valence-electron chi connectivity index (χ3n) is 0.884. The molecule has 0 aliphatic rings. The number of amides is 1. The van der Waals surface area contributed by atoms with Gasteiger partial charge in [-0.3, -0.25) is 4.79 Å². The van der Waals surface area contributed by atoms with Crippen LogP contribution < -0.4 is 5.73 Å². The maximum Gasteiger partial charge on any atom is 0.269 e. The lowest BCUT2D eigenvalue weighted by Crippen LogP contribution is -2.13. The van der Waals surface area contributed by atoms with Crippen molar-refractivity contribution in [3.63, 3.8) is 0 Å². The first kappa shape index (κ1) is 7.14. The molecule has 1 aromatic heterocycles. The van der Waals surface area contributed by atoms with E-state index in [4.69, 9.17) is 5.73 Å². The molecular formula is C5H4BrN3O. The molecule has 0 saturated heterocycles. The number of nitrogens with two attached hydrogens (primary N) is 1. The molecule has 1 aromatic rings. The molecule has 0 unspecified atom stereocenters. The highest BCUT2D eigenvalue weighted by atomic mass is 79.9. The Labute approximate surface area is 65.6 Å². The molecule has 0 aliphatic carbocycles. The van der Waals surface area contributed by atoms with Gasteiger partial charge in [0.25, 0.3) is 5.91 Å². The number of halogens is 1. The minimum absolute atomic E-state index is 0.170. The highest BCUT2D eigenvalue weighted by Crippen LogP contribution is 2.02. The molecule has 1 amide bonds. The molecule has 0 atom stereocenters. The van der Waals surface area contributed by atoms with Crippen LogP contribution in [0.15, 0.2) is 16.7 Å². The van der Waals surface area contributed by atoms with E-state index >= 15 is 0 Å². The normalized spacial score (nSPS) is 9.30.